The molecule has 0 atom stereocenters. The van der Waals surface area contributed by atoms with Crippen LogP contribution in [0, 0.1) is 0 Å². The molecule has 1 rings (SSSR count). The molecular weight excluding hydrogens is 180 g/mol. The Hall–Kier alpha value is -2.18. The smallest absolute Gasteiger partial charge is 0.356 e. The number of aromatic nitrogens is 2. The minimum absolute atomic E-state index is 0.676. The Morgan fingerprint density at radius 2 is 2.15 bits per heavy atom. The molecule has 0 fully saturated rings. The van der Waals surface area contributed by atoms with Gasteiger partial charge in [-0.1, -0.05) is 0 Å². The molecule has 0 amide bonds. The van der Waals surface area contributed by atoms with Gasteiger partial charge in [0.25, 0.3) is 5.56 Å². The van der Waals surface area contributed by atoms with Crippen molar-refractivity contribution < 1.29 is 19.8 Å². The Morgan fingerprint density at radius 3 is 2.62 bits per heavy atom. The van der Waals surface area contributed by atoms with Crippen molar-refractivity contribution in [3.63, 3.8) is 0 Å². The Bertz CT molecular complexity index is 421. The van der Waals surface area contributed by atoms with Crippen LogP contribution >= 0.6 is 0 Å². The van der Waals surface area contributed by atoms with Gasteiger partial charge >= 0.3 is 5.97 Å². The summed E-state index contributed by atoms with van der Waals surface area (Å²) in [6, 6.07) is 0. The van der Waals surface area contributed by atoms with Gasteiger partial charge in [-0.05, 0) is 0 Å². The van der Waals surface area contributed by atoms with Crippen molar-refractivity contribution >= 4 is 11.9 Å². The summed E-state index contributed by atoms with van der Waals surface area (Å²) in [5, 5.41) is 18.7. The van der Waals surface area contributed by atoms with Crippen molar-refractivity contribution in [1.29, 1.82) is 0 Å². The molecule has 0 spiro atoms. The van der Waals surface area contributed by atoms with Crippen LogP contribution in [0.15, 0.2) is 11.0 Å². The van der Waals surface area contributed by atoms with E-state index < -0.39 is 28.9 Å². The van der Waals surface area contributed by atoms with Crippen LogP contribution in [0.3, 0.4) is 0 Å². The minimum atomic E-state index is -1.79. The number of carboxylic acids is 2. The minimum Gasteiger partial charge on any atom is -0.543 e. The number of nitrogens with zero attached hydrogens (tertiary/aromatic N) is 1. The summed E-state index contributed by atoms with van der Waals surface area (Å²) < 4.78 is 0. The maximum absolute atomic E-state index is 10.6. The molecule has 1 aromatic rings. The van der Waals surface area contributed by atoms with E-state index in [2.05, 4.69) is 4.98 Å². The number of nitrogens with one attached hydrogen (secondary N) is 1. The fourth-order valence-electron chi connectivity index (χ4n) is 0.712. The van der Waals surface area contributed by atoms with Crippen molar-refractivity contribution in [2.45, 2.75) is 0 Å². The number of aromatic amines is 1. The van der Waals surface area contributed by atoms with Gasteiger partial charge in [0.1, 0.15) is 0 Å². The van der Waals surface area contributed by atoms with Gasteiger partial charge < -0.3 is 20.0 Å². The van der Waals surface area contributed by atoms with Crippen LogP contribution in [0.25, 0.3) is 0 Å². The number of aromatic carboxylic acids is 2. The maximum Gasteiger partial charge on any atom is 0.356 e. The molecule has 0 aliphatic rings. The molecule has 0 radical (unpaired) electrons. The molecule has 0 bridgehead atoms. The molecule has 0 aliphatic heterocycles. The van der Waals surface area contributed by atoms with Crippen LogP contribution in [0.2, 0.25) is 0 Å². The Kier molecular flexibility index (Phi) is 2.09. The highest BCUT2D eigenvalue weighted by Gasteiger charge is 2.12. The summed E-state index contributed by atoms with van der Waals surface area (Å²) in [7, 11) is 0. The van der Waals surface area contributed by atoms with Gasteiger partial charge in [0, 0.05) is 0 Å². The maximum atomic E-state index is 10.6. The second kappa shape index (κ2) is 3.05. The third-order valence-corrected chi connectivity index (χ3v) is 1.20. The predicted molar refractivity (Wildman–Crippen MR) is 36.1 cm³/mol. The molecule has 0 saturated heterocycles. The van der Waals surface area contributed by atoms with E-state index in [9.17, 15) is 19.5 Å². The second-order valence-corrected chi connectivity index (χ2v) is 2.06. The lowest BCUT2D eigenvalue weighted by atomic mass is 10.3. The number of carbonyl (C=O) groups excluding carboxylic acids is 1. The zero-order valence-corrected chi connectivity index (χ0v) is 6.10. The lowest BCUT2D eigenvalue weighted by molar-refractivity contribution is -0.255. The summed E-state index contributed by atoms with van der Waals surface area (Å²) >= 11 is 0. The van der Waals surface area contributed by atoms with Crippen molar-refractivity contribution in [2.24, 2.45) is 0 Å². The fraction of sp³-hybridized carbons (Fsp3) is 0. The number of hydrogen-bond donors (Lipinski definition) is 2. The van der Waals surface area contributed by atoms with E-state index in [1.54, 1.807) is 4.98 Å². The summed E-state index contributed by atoms with van der Waals surface area (Å²) in [6.45, 7) is 0. The third kappa shape index (κ3) is 1.70. The van der Waals surface area contributed by atoms with Gasteiger partial charge in [0.15, 0.2) is 5.69 Å². The summed E-state index contributed by atoms with van der Waals surface area (Å²) in [5.41, 5.74) is -2.39. The largest absolute Gasteiger partial charge is 0.543 e. The average Bonchev–Trinajstić information content (AvgIpc) is 2.03. The van der Waals surface area contributed by atoms with Crippen LogP contribution in [0.4, 0.5) is 0 Å². The molecule has 13 heavy (non-hydrogen) atoms. The van der Waals surface area contributed by atoms with E-state index in [4.69, 9.17) is 5.11 Å². The van der Waals surface area contributed by atoms with E-state index in [0.29, 0.717) is 6.20 Å². The zero-order chi connectivity index (χ0) is 10.0. The third-order valence-electron chi connectivity index (χ3n) is 1.20. The number of carboxylic acid groups (broad SMARTS) is 2. The predicted octanol–water partition coefficient (Wildman–Crippen LogP) is -2.17. The van der Waals surface area contributed by atoms with E-state index >= 15 is 0 Å². The molecule has 0 saturated carbocycles. The number of rotatable bonds is 2. The Morgan fingerprint density at radius 1 is 1.54 bits per heavy atom. The van der Waals surface area contributed by atoms with Crippen LogP contribution in [-0.2, 0) is 0 Å². The Balaban J connectivity index is 3.44. The van der Waals surface area contributed by atoms with Gasteiger partial charge in [-0.3, -0.25) is 4.79 Å². The fourth-order valence-corrected chi connectivity index (χ4v) is 0.712. The summed E-state index contributed by atoms with van der Waals surface area (Å²) in [5.74, 6) is -3.34. The first-order chi connectivity index (χ1) is 6.02. The van der Waals surface area contributed by atoms with E-state index in [1.807, 2.05) is 0 Å². The quantitative estimate of drug-likeness (QED) is 0.537. The molecule has 0 aliphatic carbocycles. The highest BCUT2D eigenvalue weighted by Crippen LogP contribution is 1.97. The average molecular weight is 183 g/mol. The first-order valence-electron chi connectivity index (χ1n) is 3.06. The van der Waals surface area contributed by atoms with Gasteiger partial charge in [0.2, 0.25) is 0 Å². The number of hydrogen-bond acceptors (Lipinski definition) is 5. The topological polar surface area (TPSA) is 123 Å². The lowest BCUT2D eigenvalue weighted by Gasteiger charge is -2.03. The second-order valence-electron chi connectivity index (χ2n) is 2.06. The number of carbonyl (C=O) groups is 2. The van der Waals surface area contributed by atoms with Crippen LogP contribution < -0.4 is 10.7 Å². The van der Waals surface area contributed by atoms with Crippen molar-refractivity contribution in [3.05, 3.63) is 27.9 Å². The molecule has 7 nitrogen and oxygen atoms in total. The normalized spacial score (nSPS) is 9.54. The molecule has 7 heteroatoms. The first kappa shape index (κ1) is 8.91. The van der Waals surface area contributed by atoms with Crippen LogP contribution in [0.1, 0.15) is 21.0 Å². The van der Waals surface area contributed by atoms with Crippen LogP contribution in [-0.4, -0.2) is 27.0 Å². The molecular formula is C6H3N2O5-. The van der Waals surface area contributed by atoms with Crippen molar-refractivity contribution in [2.75, 3.05) is 0 Å². The highest BCUT2D eigenvalue weighted by atomic mass is 16.4. The monoisotopic (exact) mass is 183 g/mol. The summed E-state index contributed by atoms with van der Waals surface area (Å²) in [4.78, 5) is 36.2. The van der Waals surface area contributed by atoms with Crippen molar-refractivity contribution in [1.82, 2.24) is 9.97 Å². The van der Waals surface area contributed by atoms with Gasteiger partial charge in [-0.2, -0.15) is 0 Å². The standard InChI is InChI=1S/C6H4N2O5/c9-2-1-7-3(5(10)11)4(8-2)6(12)13/h1H,(H,8,9)(H,10,11)(H,12,13)/p-1. The van der Waals surface area contributed by atoms with Gasteiger partial charge in [-0.15, -0.1) is 0 Å². The van der Waals surface area contributed by atoms with E-state index in [0.717, 1.165) is 0 Å². The summed E-state index contributed by atoms with van der Waals surface area (Å²) in [6.07, 6.45) is 0.676. The number of H-pyrrole nitrogens is 1. The lowest BCUT2D eigenvalue weighted by Crippen LogP contribution is -2.30. The molecule has 2 N–H and O–H groups in total. The zero-order valence-electron chi connectivity index (χ0n) is 6.10. The van der Waals surface area contributed by atoms with E-state index in [-0.39, 0.29) is 0 Å². The molecule has 1 heterocycles. The SMILES string of the molecule is O=C(O)c1ncc(=O)[nH]c1C(=O)[O-]. The molecule has 0 unspecified atom stereocenters. The Labute approximate surface area is 70.7 Å². The van der Waals surface area contributed by atoms with Gasteiger partial charge in [0.05, 0.1) is 17.9 Å². The first-order valence-corrected chi connectivity index (χ1v) is 3.06. The molecule has 1 aromatic heterocycles. The molecule has 0 aromatic carbocycles. The van der Waals surface area contributed by atoms with E-state index in [1.165, 1.54) is 0 Å². The highest BCUT2D eigenvalue weighted by molar-refractivity contribution is 5.97. The van der Waals surface area contributed by atoms with Gasteiger partial charge in [-0.25, -0.2) is 9.78 Å². The molecule has 68 valence electrons. The van der Waals surface area contributed by atoms with Crippen molar-refractivity contribution in [3.8, 4) is 0 Å². The van der Waals surface area contributed by atoms with Crippen LogP contribution in [0.5, 0.6) is 0 Å².